The van der Waals surface area contributed by atoms with E-state index < -0.39 is 23.2 Å². The number of rotatable bonds is 5. The maximum atomic E-state index is 12.9. The monoisotopic (exact) mass is 502 g/mol. The lowest BCUT2D eigenvalue weighted by Gasteiger charge is -2.39. The smallest absolute Gasteiger partial charge is 0.196 e. The van der Waals surface area contributed by atoms with Crippen LogP contribution >= 0.6 is 0 Å². The molecule has 3 atom stereocenters. The van der Waals surface area contributed by atoms with Crippen LogP contribution in [0.5, 0.6) is 23.0 Å². The van der Waals surface area contributed by atoms with Crippen molar-refractivity contribution in [3.05, 3.63) is 99.4 Å². The van der Waals surface area contributed by atoms with E-state index in [1.807, 2.05) is 42.5 Å². The van der Waals surface area contributed by atoms with Crippen LogP contribution in [0.2, 0.25) is 0 Å². The number of phenols is 3. The molecule has 0 amide bonds. The van der Waals surface area contributed by atoms with E-state index in [0.717, 1.165) is 17.7 Å². The number of hydrogen-bond donors (Lipinski definition) is 5. The highest BCUT2D eigenvalue weighted by Gasteiger charge is 2.41. The number of ether oxygens (including phenoxy) is 1. The zero-order valence-corrected chi connectivity index (χ0v) is 20.0. The van der Waals surface area contributed by atoms with Gasteiger partial charge in [0.05, 0.1) is 6.10 Å². The van der Waals surface area contributed by atoms with Crippen LogP contribution in [-0.2, 0) is 6.42 Å². The van der Waals surface area contributed by atoms with Crippen LogP contribution in [0.3, 0.4) is 0 Å². The predicted octanol–water partition coefficient (Wildman–Crippen LogP) is 4.15. The van der Waals surface area contributed by atoms with Gasteiger partial charge < -0.3 is 34.7 Å². The Morgan fingerprint density at radius 1 is 1.05 bits per heavy atom. The molecule has 0 saturated carbocycles. The van der Waals surface area contributed by atoms with Crippen LogP contribution < -0.4 is 10.2 Å². The molecule has 0 bridgehead atoms. The molecule has 37 heavy (non-hydrogen) atoms. The van der Waals surface area contributed by atoms with Gasteiger partial charge in [-0.05, 0) is 30.2 Å². The van der Waals surface area contributed by atoms with Gasteiger partial charge in [0.1, 0.15) is 51.4 Å². The number of aliphatic hydroxyl groups is 2. The maximum absolute atomic E-state index is 12.9. The molecule has 3 unspecified atom stereocenters. The van der Waals surface area contributed by atoms with Crippen molar-refractivity contribution in [3.8, 4) is 23.0 Å². The molecular formula is C29H26O8. The first-order valence-electron chi connectivity index (χ1n) is 11.8. The summed E-state index contributed by atoms with van der Waals surface area (Å²) in [7, 11) is 0. The van der Waals surface area contributed by atoms with Crippen molar-refractivity contribution in [3.63, 3.8) is 0 Å². The summed E-state index contributed by atoms with van der Waals surface area (Å²) in [6.07, 6.45) is 1.87. The van der Waals surface area contributed by atoms with Gasteiger partial charge in [-0.15, -0.1) is 0 Å². The molecule has 8 heteroatoms. The molecular weight excluding hydrogens is 476 g/mol. The van der Waals surface area contributed by atoms with Gasteiger partial charge in [-0.2, -0.15) is 0 Å². The number of benzene rings is 3. The lowest BCUT2D eigenvalue weighted by atomic mass is 9.86. The van der Waals surface area contributed by atoms with Crippen LogP contribution in [0.4, 0.5) is 0 Å². The molecule has 1 aliphatic rings. The Kier molecular flexibility index (Phi) is 6.15. The van der Waals surface area contributed by atoms with E-state index in [1.54, 1.807) is 6.92 Å². The molecule has 1 aliphatic heterocycles. The molecule has 0 spiro atoms. The molecule has 3 aromatic carbocycles. The van der Waals surface area contributed by atoms with Gasteiger partial charge in [0.25, 0.3) is 0 Å². The lowest BCUT2D eigenvalue weighted by Crippen LogP contribution is -2.48. The zero-order valence-electron chi connectivity index (χ0n) is 20.0. The molecule has 190 valence electrons. The largest absolute Gasteiger partial charge is 0.508 e. The fourth-order valence-corrected chi connectivity index (χ4v) is 4.60. The number of fused-ring (bicyclic) bond motifs is 2. The van der Waals surface area contributed by atoms with Crippen molar-refractivity contribution >= 4 is 17.0 Å². The minimum Gasteiger partial charge on any atom is -0.508 e. The molecule has 5 rings (SSSR count). The highest BCUT2D eigenvalue weighted by molar-refractivity contribution is 5.87. The zero-order chi connectivity index (χ0) is 26.3. The average Bonchev–Trinajstić information content (AvgIpc) is 2.85. The van der Waals surface area contributed by atoms with Crippen LogP contribution in [0.25, 0.3) is 17.0 Å². The first-order valence-corrected chi connectivity index (χ1v) is 11.8. The van der Waals surface area contributed by atoms with Crippen LogP contribution in [0.15, 0.2) is 76.0 Å². The van der Waals surface area contributed by atoms with Gasteiger partial charge in [0.15, 0.2) is 5.43 Å². The number of aliphatic hydroxyl groups excluding tert-OH is 2. The Labute approximate surface area is 212 Å². The molecule has 0 radical (unpaired) electrons. The van der Waals surface area contributed by atoms with Crippen LogP contribution in [0.1, 0.15) is 41.9 Å². The van der Waals surface area contributed by atoms with Gasteiger partial charge in [0, 0.05) is 36.6 Å². The topological polar surface area (TPSA) is 141 Å². The predicted molar refractivity (Wildman–Crippen MR) is 137 cm³/mol. The molecule has 0 aliphatic carbocycles. The fourth-order valence-electron chi connectivity index (χ4n) is 4.60. The van der Waals surface area contributed by atoms with E-state index in [-0.39, 0.29) is 51.7 Å². The van der Waals surface area contributed by atoms with E-state index in [9.17, 15) is 30.3 Å². The second kappa shape index (κ2) is 9.31. The Balaban J connectivity index is 1.51. The second-order valence-electron chi connectivity index (χ2n) is 9.43. The summed E-state index contributed by atoms with van der Waals surface area (Å²) in [5, 5.41) is 51.9. The first kappa shape index (κ1) is 24.4. The lowest BCUT2D eigenvalue weighted by molar-refractivity contribution is -0.0523. The molecule has 2 heterocycles. The van der Waals surface area contributed by atoms with Gasteiger partial charge in [0.2, 0.25) is 0 Å². The molecule has 8 nitrogen and oxygen atoms in total. The number of phenolic OH excluding ortho intramolecular Hbond substituents is 3. The third kappa shape index (κ3) is 4.64. The minimum atomic E-state index is -1.47. The van der Waals surface area contributed by atoms with E-state index in [0.29, 0.717) is 12.0 Å². The summed E-state index contributed by atoms with van der Waals surface area (Å²) in [4.78, 5) is 12.9. The Morgan fingerprint density at radius 3 is 2.46 bits per heavy atom. The van der Waals surface area contributed by atoms with Crippen molar-refractivity contribution in [2.45, 2.75) is 37.6 Å². The summed E-state index contributed by atoms with van der Waals surface area (Å²) in [6.45, 7) is 1.77. The first-order chi connectivity index (χ1) is 17.6. The van der Waals surface area contributed by atoms with Gasteiger partial charge >= 0.3 is 0 Å². The van der Waals surface area contributed by atoms with Crippen LogP contribution in [-0.4, -0.2) is 37.2 Å². The molecule has 4 aromatic rings. The summed E-state index contributed by atoms with van der Waals surface area (Å²) in [6, 6.07) is 15.8. The SMILES string of the molecule is CC1(CC=Cc2ccccc2)Oc2cc3oc(C(O)c4cc(O)cc(O)c4)cc(=O)c3c(O)c2CC1O. The van der Waals surface area contributed by atoms with Crippen molar-refractivity contribution in [1.82, 2.24) is 0 Å². The normalized spacial score (nSPS) is 20.0. The Hall–Kier alpha value is -4.27. The number of hydrogen-bond acceptors (Lipinski definition) is 8. The fraction of sp³-hybridized carbons (Fsp3) is 0.207. The van der Waals surface area contributed by atoms with Gasteiger partial charge in [-0.25, -0.2) is 0 Å². The van der Waals surface area contributed by atoms with E-state index in [1.165, 1.54) is 18.2 Å². The molecule has 1 aromatic heterocycles. The Morgan fingerprint density at radius 2 is 1.76 bits per heavy atom. The summed E-state index contributed by atoms with van der Waals surface area (Å²) < 4.78 is 12.0. The van der Waals surface area contributed by atoms with Crippen LogP contribution in [0, 0.1) is 0 Å². The standard InChI is InChI=1S/C29H26O8/c1-29(9-5-8-16-6-3-2-4-7-16)25(33)13-20-22(37-29)15-23-26(28(20)35)21(32)14-24(36-23)27(34)17-10-18(30)12-19(31)11-17/h2-8,10-12,14-15,25,27,30-31,33-35H,9,13H2,1H3. The van der Waals surface area contributed by atoms with Crippen molar-refractivity contribution < 1.29 is 34.7 Å². The van der Waals surface area contributed by atoms with Gasteiger partial charge in [-0.3, -0.25) is 4.79 Å². The van der Waals surface area contributed by atoms with Crippen molar-refractivity contribution in [2.24, 2.45) is 0 Å². The van der Waals surface area contributed by atoms with E-state index in [2.05, 4.69) is 0 Å². The van der Waals surface area contributed by atoms with Crippen molar-refractivity contribution in [1.29, 1.82) is 0 Å². The minimum absolute atomic E-state index is 0.0132. The van der Waals surface area contributed by atoms with E-state index >= 15 is 0 Å². The van der Waals surface area contributed by atoms with Gasteiger partial charge in [-0.1, -0.05) is 42.5 Å². The summed E-state index contributed by atoms with van der Waals surface area (Å²) in [5.41, 5.74) is -0.209. The number of aromatic hydroxyl groups is 3. The third-order valence-corrected chi connectivity index (χ3v) is 6.66. The second-order valence-corrected chi connectivity index (χ2v) is 9.43. The third-order valence-electron chi connectivity index (χ3n) is 6.66. The van der Waals surface area contributed by atoms with E-state index in [4.69, 9.17) is 9.15 Å². The Bertz CT molecular complexity index is 1540. The average molecular weight is 503 g/mol. The highest BCUT2D eigenvalue weighted by atomic mass is 16.5. The highest BCUT2D eigenvalue weighted by Crippen LogP contribution is 2.43. The van der Waals surface area contributed by atoms with Crippen molar-refractivity contribution in [2.75, 3.05) is 0 Å². The molecule has 0 fully saturated rings. The summed E-state index contributed by atoms with van der Waals surface area (Å²) >= 11 is 0. The summed E-state index contributed by atoms with van der Waals surface area (Å²) in [5.74, 6) is -0.770. The maximum Gasteiger partial charge on any atom is 0.196 e. The molecule has 0 saturated heterocycles. The quantitative estimate of drug-likeness (QED) is 0.274. The molecule has 5 N–H and O–H groups in total.